The van der Waals surface area contributed by atoms with Crippen LogP contribution in [-0.4, -0.2) is 17.1 Å². The summed E-state index contributed by atoms with van der Waals surface area (Å²) in [6.45, 7) is 2.06. The Labute approximate surface area is 105 Å². The van der Waals surface area contributed by atoms with E-state index in [1.165, 1.54) is 6.07 Å². The number of methoxy groups -OCH3 is 1. The molecular formula is C13H14FN3O. The summed E-state index contributed by atoms with van der Waals surface area (Å²) in [5.41, 5.74) is 7.69. The van der Waals surface area contributed by atoms with Crippen LogP contribution in [0.5, 0.6) is 0 Å². The molecule has 0 aliphatic rings. The summed E-state index contributed by atoms with van der Waals surface area (Å²) < 4.78 is 18.2. The fourth-order valence-corrected chi connectivity index (χ4v) is 1.65. The topological polar surface area (TPSA) is 61.0 Å². The second-order valence-electron chi connectivity index (χ2n) is 4.00. The van der Waals surface area contributed by atoms with Crippen molar-refractivity contribution in [1.29, 1.82) is 0 Å². The Bertz CT molecular complexity index is 572. The Morgan fingerprint density at radius 1 is 1.28 bits per heavy atom. The standard InChI is InChI=1S/C13H14FN3O/c1-8-5-9(3-4-11(8)14)13-16-10(7-18-2)6-12(15)17-13/h3-6H,7H2,1-2H3,(H2,15,16,17). The number of ether oxygens (including phenoxy) is 1. The van der Waals surface area contributed by atoms with Crippen LogP contribution in [0.3, 0.4) is 0 Å². The zero-order chi connectivity index (χ0) is 13.1. The lowest BCUT2D eigenvalue weighted by Crippen LogP contribution is -2.01. The molecule has 0 amide bonds. The van der Waals surface area contributed by atoms with Crippen LogP contribution >= 0.6 is 0 Å². The van der Waals surface area contributed by atoms with Crippen molar-refractivity contribution in [3.8, 4) is 11.4 Å². The number of anilines is 1. The summed E-state index contributed by atoms with van der Waals surface area (Å²) in [6, 6.07) is 6.38. The third-order valence-electron chi connectivity index (χ3n) is 2.51. The Morgan fingerprint density at radius 3 is 2.72 bits per heavy atom. The van der Waals surface area contributed by atoms with Gasteiger partial charge in [0.2, 0.25) is 0 Å². The van der Waals surface area contributed by atoms with Gasteiger partial charge in [-0.05, 0) is 30.7 Å². The smallest absolute Gasteiger partial charge is 0.161 e. The van der Waals surface area contributed by atoms with Gasteiger partial charge in [0.05, 0.1) is 12.3 Å². The summed E-state index contributed by atoms with van der Waals surface area (Å²) in [5, 5.41) is 0. The molecule has 2 N–H and O–H groups in total. The highest BCUT2D eigenvalue weighted by atomic mass is 19.1. The van der Waals surface area contributed by atoms with E-state index in [1.54, 1.807) is 32.2 Å². The lowest BCUT2D eigenvalue weighted by Gasteiger charge is -2.06. The lowest BCUT2D eigenvalue weighted by molar-refractivity contribution is 0.181. The fourth-order valence-electron chi connectivity index (χ4n) is 1.65. The van der Waals surface area contributed by atoms with Gasteiger partial charge in [-0.2, -0.15) is 0 Å². The molecule has 5 heteroatoms. The average molecular weight is 247 g/mol. The number of aryl methyl sites for hydroxylation is 1. The normalized spacial score (nSPS) is 10.6. The van der Waals surface area contributed by atoms with Gasteiger partial charge in [0.15, 0.2) is 5.82 Å². The molecule has 1 aromatic carbocycles. The first-order valence-corrected chi connectivity index (χ1v) is 5.49. The van der Waals surface area contributed by atoms with Gasteiger partial charge in [0.1, 0.15) is 11.6 Å². The van der Waals surface area contributed by atoms with Crippen molar-refractivity contribution >= 4 is 5.82 Å². The van der Waals surface area contributed by atoms with Crippen LogP contribution < -0.4 is 5.73 Å². The third kappa shape index (κ3) is 2.62. The van der Waals surface area contributed by atoms with Crippen molar-refractivity contribution < 1.29 is 9.13 Å². The second-order valence-corrected chi connectivity index (χ2v) is 4.00. The highest BCUT2D eigenvalue weighted by Crippen LogP contribution is 2.20. The molecule has 2 aromatic rings. The summed E-state index contributed by atoms with van der Waals surface area (Å²) >= 11 is 0. The predicted octanol–water partition coefficient (Wildman–Crippen LogP) is 2.32. The van der Waals surface area contributed by atoms with Crippen molar-refractivity contribution in [2.75, 3.05) is 12.8 Å². The molecule has 0 radical (unpaired) electrons. The van der Waals surface area contributed by atoms with Gasteiger partial charge in [-0.3, -0.25) is 0 Å². The van der Waals surface area contributed by atoms with E-state index < -0.39 is 0 Å². The van der Waals surface area contributed by atoms with E-state index in [2.05, 4.69) is 9.97 Å². The Hall–Kier alpha value is -2.01. The molecule has 0 fully saturated rings. The van der Waals surface area contributed by atoms with E-state index in [0.717, 1.165) is 5.56 Å². The number of hydrogen-bond donors (Lipinski definition) is 1. The molecule has 0 bridgehead atoms. The van der Waals surface area contributed by atoms with E-state index >= 15 is 0 Å². The first-order valence-electron chi connectivity index (χ1n) is 5.49. The third-order valence-corrected chi connectivity index (χ3v) is 2.51. The molecule has 1 aromatic heterocycles. The molecule has 0 spiro atoms. The number of rotatable bonds is 3. The van der Waals surface area contributed by atoms with Crippen LogP contribution in [0.2, 0.25) is 0 Å². The van der Waals surface area contributed by atoms with Crippen LogP contribution in [0.1, 0.15) is 11.3 Å². The molecule has 0 atom stereocenters. The molecule has 0 saturated heterocycles. The molecule has 0 saturated carbocycles. The molecule has 18 heavy (non-hydrogen) atoms. The van der Waals surface area contributed by atoms with Gasteiger partial charge in [-0.15, -0.1) is 0 Å². The maximum atomic E-state index is 13.2. The number of halogens is 1. The Morgan fingerprint density at radius 2 is 2.06 bits per heavy atom. The van der Waals surface area contributed by atoms with E-state index in [0.29, 0.717) is 29.5 Å². The number of aromatic nitrogens is 2. The van der Waals surface area contributed by atoms with Gasteiger partial charge in [0, 0.05) is 18.7 Å². The molecule has 0 unspecified atom stereocenters. The molecule has 0 aliphatic carbocycles. The van der Waals surface area contributed by atoms with Crippen molar-refractivity contribution in [2.24, 2.45) is 0 Å². The quantitative estimate of drug-likeness (QED) is 0.904. The van der Waals surface area contributed by atoms with Crippen molar-refractivity contribution in [2.45, 2.75) is 13.5 Å². The SMILES string of the molecule is COCc1cc(N)nc(-c2ccc(F)c(C)c2)n1. The van der Waals surface area contributed by atoms with Crippen LogP contribution in [-0.2, 0) is 11.3 Å². The van der Waals surface area contributed by atoms with Gasteiger partial charge in [0.25, 0.3) is 0 Å². The predicted molar refractivity (Wildman–Crippen MR) is 67.3 cm³/mol. The summed E-state index contributed by atoms with van der Waals surface area (Å²) in [6.07, 6.45) is 0. The van der Waals surface area contributed by atoms with Crippen LogP contribution in [0.4, 0.5) is 10.2 Å². The van der Waals surface area contributed by atoms with E-state index in [9.17, 15) is 4.39 Å². The molecular weight excluding hydrogens is 233 g/mol. The number of nitrogen functional groups attached to an aromatic ring is 1. The minimum absolute atomic E-state index is 0.250. The van der Waals surface area contributed by atoms with Gasteiger partial charge in [-0.25, -0.2) is 14.4 Å². The maximum absolute atomic E-state index is 13.2. The van der Waals surface area contributed by atoms with Crippen LogP contribution in [0, 0.1) is 12.7 Å². The minimum Gasteiger partial charge on any atom is -0.384 e. The van der Waals surface area contributed by atoms with E-state index in [1.807, 2.05) is 0 Å². The first kappa shape index (κ1) is 12.4. The highest BCUT2D eigenvalue weighted by molar-refractivity contribution is 5.58. The van der Waals surface area contributed by atoms with Crippen molar-refractivity contribution in [1.82, 2.24) is 9.97 Å². The molecule has 0 aliphatic heterocycles. The van der Waals surface area contributed by atoms with Crippen LogP contribution in [0.25, 0.3) is 11.4 Å². The van der Waals surface area contributed by atoms with Gasteiger partial charge < -0.3 is 10.5 Å². The van der Waals surface area contributed by atoms with Crippen LogP contribution in [0.15, 0.2) is 24.3 Å². The van der Waals surface area contributed by atoms with Gasteiger partial charge in [-0.1, -0.05) is 0 Å². The summed E-state index contributed by atoms with van der Waals surface area (Å²) in [4.78, 5) is 8.47. The maximum Gasteiger partial charge on any atom is 0.161 e. The Balaban J connectivity index is 2.46. The number of hydrogen-bond acceptors (Lipinski definition) is 4. The second kappa shape index (κ2) is 5.10. The monoisotopic (exact) mass is 247 g/mol. The molecule has 94 valence electrons. The van der Waals surface area contributed by atoms with Crippen molar-refractivity contribution in [3.05, 3.63) is 41.3 Å². The van der Waals surface area contributed by atoms with Gasteiger partial charge >= 0.3 is 0 Å². The summed E-state index contributed by atoms with van der Waals surface area (Å²) in [7, 11) is 1.58. The zero-order valence-electron chi connectivity index (χ0n) is 10.3. The van der Waals surface area contributed by atoms with E-state index in [4.69, 9.17) is 10.5 Å². The number of nitrogens with zero attached hydrogens (tertiary/aromatic N) is 2. The lowest BCUT2D eigenvalue weighted by atomic mass is 10.1. The first-order chi connectivity index (χ1) is 8.60. The van der Waals surface area contributed by atoms with Crippen molar-refractivity contribution in [3.63, 3.8) is 0 Å². The minimum atomic E-state index is -0.250. The largest absolute Gasteiger partial charge is 0.384 e. The zero-order valence-corrected chi connectivity index (χ0v) is 10.3. The molecule has 1 heterocycles. The fraction of sp³-hybridized carbons (Fsp3) is 0.231. The van der Waals surface area contributed by atoms with E-state index in [-0.39, 0.29) is 5.82 Å². The average Bonchev–Trinajstić information content (AvgIpc) is 2.32. The number of benzene rings is 1. The highest BCUT2D eigenvalue weighted by Gasteiger charge is 2.07. The summed E-state index contributed by atoms with van der Waals surface area (Å²) in [5.74, 6) is 0.596. The molecule has 4 nitrogen and oxygen atoms in total. The molecule has 2 rings (SSSR count). The number of nitrogens with two attached hydrogens (primary N) is 1. The Kier molecular flexibility index (Phi) is 3.53.